The van der Waals surface area contributed by atoms with Crippen molar-refractivity contribution in [2.75, 3.05) is 11.8 Å². The van der Waals surface area contributed by atoms with Crippen molar-refractivity contribution in [2.45, 2.75) is 0 Å². The minimum Gasteiger partial charge on any atom is -0.478 e. The smallest absolute Gasteiger partial charge is 0.335 e. The average Bonchev–Trinajstić information content (AvgIpc) is 2.43. The molecule has 0 saturated carbocycles. The number of hydrogen-bond donors (Lipinski definition) is 3. The molecule has 0 bridgehead atoms. The lowest BCUT2D eigenvalue weighted by Gasteiger charge is -2.10. The first-order valence-electron chi connectivity index (χ1n) is 5.94. The number of hydrogen-bond acceptors (Lipinski definition) is 4. The normalized spacial score (nSPS) is 12.1. The van der Waals surface area contributed by atoms with Gasteiger partial charge in [-0.05, 0) is 30.3 Å². The van der Waals surface area contributed by atoms with Crippen LogP contribution in [0.25, 0.3) is 0 Å². The van der Waals surface area contributed by atoms with Crippen molar-refractivity contribution in [3.8, 4) is 0 Å². The summed E-state index contributed by atoms with van der Waals surface area (Å²) in [6.07, 6.45) is 6.03. The summed E-state index contributed by atoms with van der Waals surface area (Å²) >= 11 is 0. The van der Waals surface area contributed by atoms with Crippen molar-refractivity contribution in [1.82, 2.24) is 5.32 Å². The maximum atomic E-state index is 12.1. The Morgan fingerprint density at radius 3 is 2.33 bits per heavy atom. The molecule has 0 aliphatic carbocycles. The zero-order valence-corrected chi connectivity index (χ0v) is 12.2. The Kier molecular flexibility index (Phi) is 5.74. The van der Waals surface area contributed by atoms with Crippen molar-refractivity contribution in [2.24, 2.45) is 0 Å². The number of benzene rings is 1. The SMILES string of the molecule is C=C/C=C\C=C(/NC)S(=O)(=O)Nc1ccc(C(=O)O)cc1. The highest BCUT2D eigenvalue weighted by Gasteiger charge is 2.15. The Hall–Kier alpha value is -2.54. The summed E-state index contributed by atoms with van der Waals surface area (Å²) in [5.74, 6) is -1.07. The molecular weight excluding hydrogens is 292 g/mol. The van der Waals surface area contributed by atoms with Gasteiger partial charge in [-0.25, -0.2) is 4.79 Å². The summed E-state index contributed by atoms with van der Waals surface area (Å²) in [7, 11) is -2.29. The molecule has 21 heavy (non-hydrogen) atoms. The summed E-state index contributed by atoms with van der Waals surface area (Å²) < 4.78 is 26.6. The van der Waals surface area contributed by atoms with Crippen LogP contribution in [-0.4, -0.2) is 26.5 Å². The first-order valence-corrected chi connectivity index (χ1v) is 7.42. The number of carbonyl (C=O) groups is 1. The number of allylic oxidation sites excluding steroid dienone is 4. The molecule has 0 heterocycles. The predicted octanol–water partition coefficient (Wildman–Crippen LogP) is 1.93. The zero-order valence-electron chi connectivity index (χ0n) is 11.4. The third-order valence-electron chi connectivity index (χ3n) is 2.41. The van der Waals surface area contributed by atoms with E-state index in [9.17, 15) is 13.2 Å². The van der Waals surface area contributed by atoms with E-state index in [1.54, 1.807) is 6.08 Å². The second-order valence-corrected chi connectivity index (χ2v) is 5.54. The standard InChI is InChI=1S/C14H16N2O4S/c1-3-4-5-6-13(15-2)21(19,20)16-12-9-7-11(8-10-12)14(17)18/h3-10,15-16H,1H2,2H3,(H,17,18)/b5-4-,13-6+. The molecule has 1 rings (SSSR count). The van der Waals surface area contributed by atoms with Crippen LogP contribution in [0.15, 0.2) is 60.2 Å². The van der Waals surface area contributed by atoms with E-state index in [0.29, 0.717) is 0 Å². The van der Waals surface area contributed by atoms with Gasteiger partial charge < -0.3 is 10.4 Å². The number of aromatic carboxylic acids is 1. The Bertz CT molecular complexity index is 673. The van der Waals surface area contributed by atoms with Gasteiger partial charge in [-0.3, -0.25) is 4.72 Å². The van der Waals surface area contributed by atoms with Crippen molar-refractivity contribution in [3.05, 3.63) is 65.7 Å². The van der Waals surface area contributed by atoms with Gasteiger partial charge in [0, 0.05) is 12.7 Å². The van der Waals surface area contributed by atoms with Gasteiger partial charge in [0.15, 0.2) is 0 Å². The van der Waals surface area contributed by atoms with Crippen LogP contribution in [0.5, 0.6) is 0 Å². The van der Waals surface area contributed by atoms with E-state index in [4.69, 9.17) is 5.11 Å². The second-order valence-electron chi connectivity index (χ2n) is 3.89. The van der Waals surface area contributed by atoms with Crippen LogP contribution in [0.4, 0.5) is 5.69 Å². The fraction of sp³-hybridized carbons (Fsp3) is 0.0714. The first kappa shape index (κ1) is 16.5. The number of anilines is 1. The molecule has 0 spiro atoms. The maximum Gasteiger partial charge on any atom is 0.335 e. The Balaban J connectivity index is 2.97. The molecule has 1 aromatic rings. The summed E-state index contributed by atoms with van der Waals surface area (Å²) in [6, 6.07) is 5.41. The summed E-state index contributed by atoms with van der Waals surface area (Å²) in [6.45, 7) is 3.49. The molecule has 0 radical (unpaired) electrons. The molecule has 0 atom stereocenters. The van der Waals surface area contributed by atoms with Gasteiger partial charge in [-0.2, -0.15) is 8.42 Å². The number of carboxylic acids is 1. The zero-order chi connectivity index (χ0) is 15.9. The number of rotatable bonds is 7. The number of nitrogens with one attached hydrogen (secondary N) is 2. The van der Waals surface area contributed by atoms with E-state index >= 15 is 0 Å². The lowest BCUT2D eigenvalue weighted by Crippen LogP contribution is -2.23. The Morgan fingerprint density at radius 2 is 1.86 bits per heavy atom. The number of carboxylic acid groups (broad SMARTS) is 1. The van der Waals surface area contributed by atoms with E-state index < -0.39 is 16.0 Å². The second kappa shape index (κ2) is 7.30. The molecule has 0 amide bonds. The van der Waals surface area contributed by atoms with Gasteiger partial charge in [-0.1, -0.05) is 24.8 Å². The largest absolute Gasteiger partial charge is 0.478 e. The summed E-state index contributed by atoms with van der Waals surface area (Å²) in [5.41, 5.74) is 0.352. The molecule has 0 aliphatic heterocycles. The summed E-state index contributed by atoms with van der Waals surface area (Å²) in [4.78, 5) is 10.7. The van der Waals surface area contributed by atoms with Crippen molar-refractivity contribution < 1.29 is 18.3 Å². The van der Waals surface area contributed by atoms with Crippen LogP contribution in [0, 0.1) is 0 Å². The van der Waals surface area contributed by atoms with E-state index in [1.807, 2.05) is 0 Å². The lowest BCUT2D eigenvalue weighted by atomic mass is 10.2. The third-order valence-corrected chi connectivity index (χ3v) is 3.84. The van der Waals surface area contributed by atoms with Crippen LogP contribution in [0.3, 0.4) is 0 Å². The molecule has 7 heteroatoms. The van der Waals surface area contributed by atoms with Gasteiger partial charge in [0.1, 0.15) is 5.03 Å². The third kappa shape index (κ3) is 4.81. The number of sulfonamides is 1. The molecule has 3 N–H and O–H groups in total. The molecule has 0 unspecified atom stereocenters. The van der Waals surface area contributed by atoms with Gasteiger partial charge in [0.2, 0.25) is 0 Å². The van der Waals surface area contributed by atoms with Crippen LogP contribution < -0.4 is 10.0 Å². The molecule has 6 nitrogen and oxygen atoms in total. The molecule has 0 fully saturated rings. The highest BCUT2D eigenvalue weighted by atomic mass is 32.2. The minimum atomic E-state index is -3.77. The lowest BCUT2D eigenvalue weighted by molar-refractivity contribution is 0.0697. The van der Waals surface area contributed by atoms with E-state index in [2.05, 4.69) is 16.6 Å². The van der Waals surface area contributed by atoms with Crippen molar-refractivity contribution in [1.29, 1.82) is 0 Å². The monoisotopic (exact) mass is 308 g/mol. The van der Waals surface area contributed by atoms with E-state index in [-0.39, 0.29) is 16.3 Å². The minimum absolute atomic E-state index is 0.0251. The van der Waals surface area contributed by atoms with Crippen molar-refractivity contribution in [3.63, 3.8) is 0 Å². The van der Waals surface area contributed by atoms with Gasteiger partial charge >= 0.3 is 5.97 Å². The van der Waals surface area contributed by atoms with Crippen LogP contribution in [0.2, 0.25) is 0 Å². The van der Waals surface area contributed by atoms with E-state index in [0.717, 1.165) is 0 Å². The molecule has 1 aromatic carbocycles. The molecule has 112 valence electrons. The van der Waals surface area contributed by atoms with Crippen LogP contribution in [0.1, 0.15) is 10.4 Å². The fourth-order valence-electron chi connectivity index (χ4n) is 1.42. The maximum absolute atomic E-state index is 12.1. The molecule has 0 aliphatic rings. The van der Waals surface area contributed by atoms with E-state index in [1.165, 1.54) is 49.5 Å². The quantitative estimate of drug-likeness (QED) is 0.669. The van der Waals surface area contributed by atoms with Gasteiger partial charge in [0.25, 0.3) is 10.0 Å². The fourth-order valence-corrected chi connectivity index (χ4v) is 2.50. The predicted molar refractivity (Wildman–Crippen MR) is 82.4 cm³/mol. The van der Waals surface area contributed by atoms with Crippen molar-refractivity contribution >= 4 is 21.7 Å². The van der Waals surface area contributed by atoms with Crippen LogP contribution in [-0.2, 0) is 10.0 Å². The first-order chi connectivity index (χ1) is 9.90. The van der Waals surface area contributed by atoms with Gasteiger partial charge in [-0.15, -0.1) is 0 Å². The molecular formula is C14H16N2O4S. The highest BCUT2D eigenvalue weighted by molar-refractivity contribution is 7.96. The van der Waals surface area contributed by atoms with Gasteiger partial charge in [0.05, 0.1) is 5.56 Å². The van der Waals surface area contributed by atoms with Crippen LogP contribution >= 0.6 is 0 Å². The Labute approximate surface area is 123 Å². The summed E-state index contributed by atoms with van der Waals surface area (Å²) in [5, 5.41) is 11.3. The topological polar surface area (TPSA) is 95.5 Å². The molecule has 0 aromatic heterocycles. The average molecular weight is 308 g/mol. The molecule has 0 saturated heterocycles. The highest BCUT2D eigenvalue weighted by Crippen LogP contribution is 2.14. The Morgan fingerprint density at radius 1 is 1.24 bits per heavy atom.